The van der Waals surface area contributed by atoms with Crippen molar-refractivity contribution in [2.45, 2.75) is 32.4 Å². The molecule has 1 aromatic heterocycles. The van der Waals surface area contributed by atoms with Crippen LogP contribution in [-0.4, -0.2) is 49.4 Å². The van der Waals surface area contributed by atoms with Gasteiger partial charge in [0.05, 0.1) is 13.1 Å². The SMILES string of the molecule is CN(CC(=O)N(C)Cc1cccs1)Cc1ccc(N2CCCCC2)cc1. The Morgan fingerprint density at radius 3 is 2.42 bits per heavy atom. The summed E-state index contributed by atoms with van der Waals surface area (Å²) in [5, 5.41) is 2.05. The van der Waals surface area contributed by atoms with Gasteiger partial charge in [-0.1, -0.05) is 18.2 Å². The monoisotopic (exact) mass is 371 g/mol. The van der Waals surface area contributed by atoms with Crippen LogP contribution in [0.15, 0.2) is 41.8 Å². The Kier molecular flexibility index (Phi) is 6.69. The van der Waals surface area contributed by atoms with E-state index < -0.39 is 0 Å². The zero-order chi connectivity index (χ0) is 18.4. The number of benzene rings is 1. The molecule has 5 heteroatoms. The van der Waals surface area contributed by atoms with E-state index in [1.165, 1.54) is 48.5 Å². The number of likely N-dealkylation sites (N-methyl/N-ethyl adjacent to an activating group) is 2. The van der Waals surface area contributed by atoms with Crippen LogP contribution < -0.4 is 4.90 Å². The number of rotatable bonds is 7. The summed E-state index contributed by atoms with van der Waals surface area (Å²) in [5.74, 6) is 0.158. The van der Waals surface area contributed by atoms with Crippen LogP contribution in [0.3, 0.4) is 0 Å². The van der Waals surface area contributed by atoms with E-state index in [1.54, 1.807) is 11.3 Å². The van der Waals surface area contributed by atoms with E-state index in [0.29, 0.717) is 13.1 Å². The van der Waals surface area contributed by atoms with Crippen molar-refractivity contribution in [2.24, 2.45) is 0 Å². The molecule has 2 aromatic rings. The first-order valence-corrected chi connectivity index (χ1v) is 10.3. The first-order chi connectivity index (χ1) is 12.6. The largest absolute Gasteiger partial charge is 0.372 e. The van der Waals surface area contributed by atoms with Crippen LogP contribution in [0.4, 0.5) is 5.69 Å². The Morgan fingerprint density at radius 2 is 1.77 bits per heavy atom. The number of thiophene rings is 1. The van der Waals surface area contributed by atoms with Crippen molar-refractivity contribution in [2.75, 3.05) is 38.6 Å². The summed E-state index contributed by atoms with van der Waals surface area (Å²) in [5.41, 5.74) is 2.57. The Hall–Kier alpha value is -1.85. The van der Waals surface area contributed by atoms with Gasteiger partial charge in [-0.2, -0.15) is 0 Å². The van der Waals surface area contributed by atoms with Crippen molar-refractivity contribution < 1.29 is 4.79 Å². The van der Waals surface area contributed by atoms with Gasteiger partial charge in [0.15, 0.2) is 0 Å². The van der Waals surface area contributed by atoms with Crippen LogP contribution in [0, 0.1) is 0 Å². The average molecular weight is 372 g/mol. The Morgan fingerprint density at radius 1 is 1.04 bits per heavy atom. The van der Waals surface area contributed by atoms with Crippen LogP contribution in [0.5, 0.6) is 0 Å². The van der Waals surface area contributed by atoms with Crippen molar-refractivity contribution in [1.82, 2.24) is 9.80 Å². The molecule has 0 bridgehead atoms. The third kappa shape index (κ3) is 5.32. The average Bonchev–Trinajstić information content (AvgIpc) is 3.16. The summed E-state index contributed by atoms with van der Waals surface area (Å²) in [4.78, 5) is 20.0. The lowest BCUT2D eigenvalue weighted by Crippen LogP contribution is -2.35. The molecule has 4 nitrogen and oxygen atoms in total. The molecular formula is C21H29N3OS. The fraction of sp³-hybridized carbons (Fsp3) is 0.476. The van der Waals surface area contributed by atoms with Gasteiger partial charge in [-0.25, -0.2) is 0 Å². The second-order valence-electron chi connectivity index (χ2n) is 7.22. The Labute approximate surface area is 161 Å². The van der Waals surface area contributed by atoms with Gasteiger partial charge in [0.25, 0.3) is 0 Å². The molecule has 3 rings (SSSR count). The highest BCUT2D eigenvalue weighted by atomic mass is 32.1. The molecule has 0 atom stereocenters. The lowest BCUT2D eigenvalue weighted by molar-refractivity contribution is -0.131. The molecule has 1 aliphatic heterocycles. The topological polar surface area (TPSA) is 26.8 Å². The zero-order valence-corrected chi connectivity index (χ0v) is 16.7. The number of piperidine rings is 1. The van der Waals surface area contributed by atoms with Crippen LogP contribution in [0.2, 0.25) is 0 Å². The summed E-state index contributed by atoms with van der Waals surface area (Å²) in [7, 11) is 3.89. The smallest absolute Gasteiger partial charge is 0.236 e. The summed E-state index contributed by atoms with van der Waals surface area (Å²) in [6, 6.07) is 12.9. The lowest BCUT2D eigenvalue weighted by atomic mass is 10.1. The molecule has 0 unspecified atom stereocenters. The number of hydrogen-bond acceptors (Lipinski definition) is 4. The molecule has 26 heavy (non-hydrogen) atoms. The summed E-state index contributed by atoms with van der Waals surface area (Å²) in [6.07, 6.45) is 3.95. The van der Waals surface area contributed by atoms with Gasteiger partial charge in [0, 0.05) is 37.2 Å². The van der Waals surface area contributed by atoms with Gasteiger partial charge in [-0.3, -0.25) is 9.69 Å². The minimum Gasteiger partial charge on any atom is -0.372 e. The fourth-order valence-electron chi connectivity index (χ4n) is 3.41. The first-order valence-electron chi connectivity index (χ1n) is 9.40. The van der Waals surface area contributed by atoms with Crippen molar-refractivity contribution in [3.63, 3.8) is 0 Å². The van der Waals surface area contributed by atoms with Gasteiger partial charge < -0.3 is 9.80 Å². The van der Waals surface area contributed by atoms with E-state index >= 15 is 0 Å². The highest BCUT2D eigenvalue weighted by Crippen LogP contribution is 2.20. The number of hydrogen-bond donors (Lipinski definition) is 0. The number of carbonyl (C=O) groups is 1. The number of carbonyl (C=O) groups excluding carboxylic acids is 1. The summed E-state index contributed by atoms with van der Waals surface area (Å²) >= 11 is 1.69. The predicted octanol–water partition coefficient (Wildman–Crippen LogP) is 3.83. The molecule has 2 heterocycles. The quantitative estimate of drug-likeness (QED) is 0.740. The minimum absolute atomic E-state index is 0.158. The first kappa shape index (κ1) is 18.9. The van der Waals surface area contributed by atoms with Gasteiger partial charge in [-0.15, -0.1) is 11.3 Å². The van der Waals surface area contributed by atoms with Crippen LogP contribution >= 0.6 is 11.3 Å². The number of anilines is 1. The van der Waals surface area contributed by atoms with Crippen molar-refractivity contribution >= 4 is 22.9 Å². The summed E-state index contributed by atoms with van der Waals surface area (Å²) < 4.78 is 0. The van der Waals surface area contributed by atoms with Gasteiger partial charge >= 0.3 is 0 Å². The minimum atomic E-state index is 0.158. The standard InChI is InChI=1S/C21H29N3OS/c1-22(17-21(25)23(2)16-20-7-6-14-26-20)15-18-8-10-19(11-9-18)24-12-4-3-5-13-24/h6-11,14H,3-5,12-13,15-17H2,1-2H3. The fourth-order valence-corrected chi connectivity index (χ4v) is 4.17. The third-order valence-corrected chi connectivity index (χ3v) is 5.78. The Bertz CT molecular complexity index is 678. The summed E-state index contributed by atoms with van der Waals surface area (Å²) in [6.45, 7) is 4.26. The van der Waals surface area contributed by atoms with E-state index in [4.69, 9.17) is 0 Å². The molecular weight excluding hydrogens is 342 g/mol. The van der Waals surface area contributed by atoms with Crippen LogP contribution in [-0.2, 0) is 17.9 Å². The van der Waals surface area contributed by atoms with Crippen molar-refractivity contribution in [3.05, 3.63) is 52.2 Å². The van der Waals surface area contributed by atoms with E-state index in [2.05, 4.69) is 40.1 Å². The number of nitrogens with zero attached hydrogens (tertiary/aromatic N) is 3. The number of amides is 1. The molecule has 0 N–H and O–H groups in total. The van der Waals surface area contributed by atoms with Crippen molar-refractivity contribution in [3.8, 4) is 0 Å². The lowest BCUT2D eigenvalue weighted by Gasteiger charge is -2.29. The van der Waals surface area contributed by atoms with Crippen LogP contribution in [0.1, 0.15) is 29.7 Å². The maximum Gasteiger partial charge on any atom is 0.236 e. The molecule has 0 spiro atoms. The Balaban J connectivity index is 1.47. The molecule has 1 fully saturated rings. The highest BCUT2D eigenvalue weighted by molar-refractivity contribution is 7.09. The van der Waals surface area contributed by atoms with Gasteiger partial charge in [0.1, 0.15) is 0 Å². The van der Waals surface area contributed by atoms with Gasteiger partial charge in [-0.05, 0) is 55.5 Å². The molecule has 1 amide bonds. The molecule has 1 saturated heterocycles. The van der Waals surface area contributed by atoms with Crippen molar-refractivity contribution in [1.29, 1.82) is 0 Å². The molecule has 1 aromatic carbocycles. The second kappa shape index (κ2) is 9.19. The maximum absolute atomic E-state index is 12.4. The molecule has 0 saturated carbocycles. The van der Waals surface area contributed by atoms with E-state index in [0.717, 1.165) is 6.54 Å². The normalized spacial score (nSPS) is 14.7. The predicted molar refractivity (Wildman–Crippen MR) is 110 cm³/mol. The van der Waals surface area contributed by atoms with E-state index in [9.17, 15) is 4.79 Å². The molecule has 140 valence electrons. The highest BCUT2D eigenvalue weighted by Gasteiger charge is 2.14. The maximum atomic E-state index is 12.4. The van der Waals surface area contributed by atoms with E-state index in [-0.39, 0.29) is 5.91 Å². The molecule has 1 aliphatic rings. The van der Waals surface area contributed by atoms with Gasteiger partial charge in [0.2, 0.25) is 5.91 Å². The second-order valence-corrected chi connectivity index (χ2v) is 8.25. The van der Waals surface area contributed by atoms with Crippen LogP contribution in [0.25, 0.3) is 0 Å². The van der Waals surface area contributed by atoms with E-state index in [1.807, 2.05) is 30.4 Å². The molecule has 0 radical (unpaired) electrons. The third-order valence-electron chi connectivity index (χ3n) is 4.91. The molecule has 0 aliphatic carbocycles. The zero-order valence-electron chi connectivity index (χ0n) is 15.9.